The zero-order valence-corrected chi connectivity index (χ0v) is 12.7. The van der Waals surface area contributed by atoms with Crippen LogP contribution >= 0.6 is 0 Å². The number of ether oxygens (including phenoxy) is 1. The summed E-state index contributed by atoms with van der Waals surface area (Å²) < 4.78 is 31.9. The summed E-state index contributed by atoms with van der Waals surface area (Å²) >= 11 is 0. The number of rotatable bonds is 6. The van der Waals surface area contributed by atoms with E-state index in [9.17, 15) is 13.2 Å². The minimum atomic E-state index is -3.74. The number of methoxy groups -OCH3 is 1. The Bertz CT molecular complexity index is 586. The molecule has 0 saturated carbocycles. The van der Waals surface area contributed by atoms with Gasteiger partial charge in [-0.15, -0.1) is 0 Å². The molecular formula is C13H19NO5S. The second-order valence-corrected chi connectivity index (χ2v) is 6.39. The first-order valence-electron chi connectivity index (χ1n) is 6.06. The minimum absolute atomic E-state index is 0.150. The number of benzene rings is 1. The first-order valence-corrected chi connectivity index (χ1v) is 7.55. The highest BCUT2D eigenvalue weighted by Crippen LogP contribution is 2.25. The van der Waals surface area contributed by atoms with Gasteiger partial charge in [0.15, 0.2) is 0 Å². The van der Waals surface area contributed by atoms with Gasteiger partial charge >= 0.3 is 5.97 Å². The standard InChI is InChI=1S/C13H19NO5S/c1-8-5-11(19-4)6-9(2)12(8)20(17,18)14-7-10(3)13(15)16/h5-6,10,14H,7H2,1-4H3,(H,15,16). The van der Waals surface area contributed by atoms with Crippen molar-refractivity contribution in [1.82, 2.24) is 4.72 Å². The van der Waals surface area contributed by atoms with Crippen LogP contribution in [-0.4, -0.2) is 33.1 Å². The lowest BCUT2D eigenvalue weighted by atomic mass is 10.1. The molecule has 1 aromatic rings. The van der Waals surface area contributed by atoms with Gasteiger partial charge in [-0.05, 0) is 37.1 Å². The molecule has 0 aromatic heterocycles. The lowest BCUT2D eigenvalue weighted by Crippen LogP contribution is -2.32. The van der Waals surface area contributed by atoms with Gasteiger partial charge in [-0.2, -0.15) is 0 Å². The topological polar surface area (TPSA) is 92.7 Å². The highest BCUT2D eigenvalue weighted by Gasteiger charge is 2.22. The summed E-state index contributed by atoms with van der Waals surface area (Å²) in [7, 11) is -2.23. The number of carbonyl (C=O) groups is 1. The molecule has 0 spiro atoms. The monoisotopic (exact) mass is 301 g/mol. The van der Waals surface area contributed by atoms with Crippen LogP contribution in [0.5, 0.6) is 5.75 Å². The van der Waals surface area contributed by atoms with Crippen molar-refractivity contribution in [3.05, 3.63) is 23.3 Å². The Morgan fingerprint density at radius 2 is 1.85 bits per heavy atom. The molecule has 1 aromatic carbocycles. The number of aryl methyl sites for hydroxylation is 2. The van der Waals surface area contributed by atoms with Crippen molar-refractivity contribution in [1.29, 1.82) is 0 Å². The second-order valence-electron chi connectivity index (χ2n) is 4.68. The van der Waals surface area contributed by atoms with Gasteiger partial charge < -0.3 is 9.84 Å². The van der Waals surface area contributed by atoms with E-state index in [1.54, 1.807) is 26.0 Å². The average Bonchev–Trinajstić information content (AvgIpc) is 2.34. The molecule has 0 saturated heterocycles. The molecule has 20 heavy (non-hydrogen) atoms. The quantitative estimate of drug-likeness (QED) is 0.826. The van der Waals surface area contributed by atoms with Crippen molar-refractivity contribution in [3.63, 3.8) is 0 Å². The van der Waals surface area contributed by atoms with Gasteiger partial charge in [-0.1, -0.05) is 6.92 Å². The van der Waals surface area contributed by atoms with Crippen LogP contribution in [0.4, 0.5) is 0 Å². The molecule has 0 amide bonds. The number of hydrogen-bond acceptors (Lipinski definition) is 4. The fraction of sp³-hybridized carbons (Fsp3) is 0.462. The van der Waals surface area contributed by atoms with E-state index in [-0.39, 0.29) is 11.4 Å². The van der Waals surface area contributed by atoms with Gasteiger partial charge in [0.25, 0.3) is 0 Å². The molecule has 0 fully saturated rings. The number of hydrogen-bond donors (Lipinski definition) is 2. The van der Waals surface area contributed by atoms with Crippen molar-refractivity contribution < 1.29 is 23.1 Å². The molecule has 1 atom stereocenters. The van der Waals surface area contributed by atoms with E-state index < -0.39 is 21.9 Å². The average molecular weight is 301 g/mol. The third-order valence-corrected chi connectivity index (χ3v) is 4.67. The van der Waals surface area contributed by atoms with Crippen LogP contribution < -0.4 is 9.46 Å². The fourth-order valence-electron chi connectivity index (χ4n) is 1.85. The van der Waals surface area contributed by atoms with E-state index in [0.717, 1.165) is 0 Å². The fourth-order valence-corrected chi connectivity index (χ4v) is 3.43. The minimum Gasteiger partial charge on any atom is -0.497 e. The van der Waals surface area contributed by atoms with E-state index in [1.165, 1.54) is 14.0 Å². The summed E-state index contributed by atoms with van der Waals surface area (Å²) in [5, 5.41) is 8.78. The Hall–Kier alpha value is -1.60. The van der Waals surface area contributed by atoms with E-state index in [2.05, 4.69) is 4.72 Å². The number of carboxylic acids is 1. The molecule has 0 radical (unpaired) electrons. The third-order valence-electron chi connectivity index (χ3n) is 2.94. The molecule has 0 aliphatic heterocycles. The van der Waals surface area contributed by atoms with Crippen LogP contribution in [-0.2, 0) is 14.8 Å². The molecular weight excluding hydrogens is 282 g/mol. The van der Waals surface area contributed by atoms with Crippen LogP contribution in [0, 0.1) is 19.8 Å². The molecule has 0 aliphatic carbocycles. The first-order chi connectivity index (χ1) is 9.19. The van der Waals surface area contributed by atoms with Crippen molar-refractivity contribution in [3.8, 4) is 5.75 Å². The smallest absolute Gasteiger partial charge is 0.307 e. The summed E-state index contributed by atoms with van der Waals surface area (Å²) in [6.07, 6.45) is 0. The van der Waals surface area contributed by atoms with Crippen LogP contribution in [0.2, 0.25) is 0 Å². The van der Waals surface area contributed by atoms with E-state index in [0.29, 0.717) is 16.9 Å². The van der Waals surface area contributed by atoms with Crippen LogP contribution in [0.1, 0.15) is 18.1 Å². The molecule has 0 heterocycles. The predicted molar refractivity (Wildman–Crippen MR) is 74.5 cm³/mol. The number of aliphatic carboxylic acids is 1. The highest BCUT2D eigenvalue weighted by molar-refractivity contribution is 7.89. The van der Waals surface area contributed by atoms with Gasteiger partial charge in [-0.3, -0.25) is 4.79 Å². The Kier molecular flexibility index (Phi) is 5.13. The molecule has 1 unspecified atom stereocenters. The Morgan fingerprint density at radius 1 is 1.35 bits per heavy atom. The van der Waals surface area contributed by atoms with E-state index in [1.807, 2.05) is 0 Å². The van der Waals surface area contributed by atoms with Gasteiger partial charge in [0.2, 0.25) is 10.0 Å². The van der Waals surface area contributed by atoms with Crippen LogP contribution in [0.25, 0.3) is 0 Å². The molecule has 0 bridgehead atoms. The van der Waals surface area contributed by atoms with Crippen LogP contribution in [0.15, 0.2) is 17.0 Å². The lowest BCUT2D eigenvalue weighted by Gasteiger charge is -2.14. The predicted octanol–water partition coefficient (Wildman–Crippen LogP) is 1.31. The summed E-state index contributed by atoms with van der Waals surface area (Å²) in [6.45, 7) is 4.64. The van der Waals surface area contributed by atoms with E-state index in [4.69, 9.17) is 9.84 Å². The zero-order chi connectivity index (χ0) is 15.5. The van der Waals surface area contributed by atoms with Gasteiger partial charge in [-0.25, -0.2) is 13.1 Å². The van der Waals surface area contributed by atoms with Gasteiger partial charge in [0, 0.05) is 6.54 Å². The number of sulfonamides is 1. The maximum absolute atomic E-state index is 12.3. The Balaban J connectivity index is 3.07. The molecule has 6 nitrogen and oxygen atoms in total. The van der Waals surface area contributed by atoms with Gasteiger partial charge in [0.05, 0.1) is 17.9 Å². The maximum atomic E-state index is 12.3. The third kappa shape index (κ3) is 3.71. The van der Waals surface area contributed by atoms with Crippen molar-refractivity contribution >= 4 is 16.0 Å². The summed E-state index contributed by atoms with van der Waals surface area (Å²) in [5.74, 6) is -1.25. The molecule has 1 rings (SSSR count). The zero-order valence-electron chi connectivity index (χ0n) is 11.9. The Labute approximate surface area is 118 Å². The first kappa shape index (κ1) is 16.5. The van der Waals surface area contributed by atoms with Gasteiger partial charge in [0.1, 0.15) is 5.75 Å². The molecule has 7 heteroatoms. The second kappa shape index (κ2) is 6.23. The SMILES string of the molecule is COc1cc(C)c(S(=O)(=O)NCC(C)C(=O)O)c(C)c1. The lowest BCUT2D eigenvalue weighted by molar-refractivity contribution is -0.140. The highest BCUT2D eigenvalue weighted by atomic mass is 32.2. The van der Waals surface area contributed by atoms with Crippen LogP contribution in [0.3, 0.4) is 0 Å². The summed E-state index contributed by atoms with van der Waals surface area (Å²) in [4.78, 5) is 10.9. The molecule has 0 aliphatic rings. The number of carboxylic acid groups (broad SMARTS) is 1. The number of nitrogens with one attached hydrogen (secondary N) is 1. The molecule has 2 N–H and O–H groups in total. The van der Waals surface area contributed by atoms with Crippen molar-refractivity contribution in [2.45, 2.75) is 25.7 Å². The van der Waals surface area contributed by atoms with Crippen molar-refractivity contribution in [2.75, 3.05) is 13.7 Å². The van der Waals surface area contributed by atoms with Crippen molar-refractivity contribution in [2.24, 2.45) is 5.92 Å². The largest absolute Gasteiger partial charge is 0.497 e. The molecule has 112 valence electrons. The summed E-state index contributed by atoms with van der Waals surface area (Å²) in [6, 6.07) is 3.25. The normalized spacial score (nSPS) is 13.0. The van der Waals surface area contributed by atoms with E-state index >= 15 is 0 Å². The Morgan fingerprint density at radius 3 is 2.25 bits per heavy atom. The maximum Gasteiger partial charge on any atom is 0.307 e. The summed E-state index contributed by atoms with van der Waals surface area (Å²) in [5.41, 5.74) is 1.11.